The van der Waals surface area contributed by atoms with E-state index in [0.29, 0.717) is 11.8 Å². The van der Waals surface area contributed by atoms with Gasteiger partial charge in [-0.1, -0.05) is 170 Å². The van der Waals surface area contributed by atoms with E-state index in [1.807, 2.05) is 0 Å². The second-order valence-corrected chi connectivity index (χ2v) is 15.5. The van der Waals surface area contributed by atoms with E-state index in [1.54, 1.807) is 0 Å². The van der Waals surface area contributed by atoms with E-state index in [0.717, 1.165) is 12.8 Å². The molecule has 8 aromatic carbocycles. The molecule has 8 aromatic rings. The Hall–Kier alpha value is -4.34. The molecule has 232 valence electrons. The van der Waals surface area contributed by atoms with Gasteiger partial charge in [-0.3, -0.25) is 0 Å². The fourth-order valence-electron chi connectivity index (χ4n) is 9.02. The van der Waals surface area contributed by atoms with Gasteiger partial charge in [0.15, 0.2) is 0 Å². The summed E-state index contributed by atoms with van der Waals surface area (Å²) < 4.78 is 0. The molecule has 0 saturated heterocycles. The first-order valence-electron chi connectivity index (χ1n) is 17.1. The topological polar surface area (TPSA) is 0 Å². The largest absolute Gasteiger partial charge is 0.121 e. The van der Waals surface area contributed by atoms with E-state index in [1.165, 1.54) is 65.3 Å². The van der Waals surface area contributed by atoms with Crippen molar-refractivity contribution in [3.63, 3.8) is 0 Å². The van der Waals surface area contributed by atoms with Crippen molar-refractivity contribution in [2.45, 2.75) is 23.2 Å². The van der Waals surface area contributed by atoms with Crippen LogP contribution < -0.4 is 0 Å². The average Bonchev–Trinajstić information content (AvgIpc) is 3.13. The van der Waals surface area contributed by atoms with Crippen molar-refractivity contribution in [3.8, 4) is 0 Å². The third kappa shape index (κ3) is 4.43. The van der Waals surface area contributed by atoms with Gasteiger partial charge >= 0.3 is 0 Å². The van der Waals surface area contributed by atoms with Gasteiger partial charge in [-0.2, -0.15) is 0 Å². The summed E-state index contributed by atoms with van der Waals surface area (Å²) in [4.78, 5) is 0. The van der Waals surface area contributed by atoms with E-state index in [2.05, 4.69) is 188 Å². The van der Waals surface area contributed by atoms with Crippen molar-refractivity contribution in [2.24, 2.45) is 11.8 Å². The molecular formula is C46H38P2. The van der Waals surface area contributed by atoms with E-state index in [4.69, 9.17) is 0 Å². The molecule has 0 spiro atoms. The van der Waals surface area contributed by atoms with Crippen molar-refractivity contribution < 1.29 is 0 Å². The zero-order valence-electron chi connectivity index (χ0n) is 26.9. The first-order chi connectivity index (χ1) is 23.6. The molecule has 48 heavy (non-hydrogen) atoms. The summed E-state index contributed by atoms with van der Waals surface area (Å²) >= 11 is 0. The van der Waals surface area contributed by atoms with Gasteiger partial charge < -0.3 is 0 Å². The van der Waals surface area contributed by atoms with Crippen LogP contribution >= 0.6 is 18.5 Å². The molecule has 1 aliphatic carbocycles. The maximum atomic E-state index is 3.51. The highest BCUT2D eigenvalue weighted by Gasteiger charge is 2.55. The van der Waals surface area contributed by atoms with Crippen molar-refractivity contribution in [2.75, 3.05) is 0 Å². The van der Waals surface area contributed by atoms with E-state index in [9.17, 15) is 0 Å². The molecule has 2 heteroatoms. The second kappa shape index (κ2) is 11.7. The molecule has 0 amide bonds. The Morgan fingerprint density at radius 1 is 0.312 bits per heavy atom. The van der Waals surface area contributed by atoms with E-state index in [-0.39, 0.29) is 10.3 Å². The Balaban J connectivity index is 1.35. The lowest BCUT2D eigenvalue weighted by molar-refractivity contribution is 0.112. The van der Waals surface area contributed by atoms with Crippen LogP contribution in [0.5, 0.6) is 0 Å². The minimum atomic E-state index is -0.332. The smallest absolute Gasteiger partial charge is 0.0387 e. The molecule has 0 N–H and O–H groups in total. The first kappa shape index (κ1) is 29.8. The van der Waals surface area contributed by atoms with Gasteiger partial charge in [0.1, 0.15) is 0 Å². The monoisotopic (exact) mass is 652 g/mol. The number of hydrogen-bond acceptors (Lipinski definition) is 0. The third-order valence-electron chi connectivity index (χ3n) is 11.4. The summed E-state index contributed by atoms with van der Waals surface area (Å²) in [5.74, 6) is 0.684. The molecule has 1 fully saturated rings. The Labute approximate surface area is 287 Å². The minimum absolute atomic E-state index is 0.332. The predicted octanol–water partition coefficient (Wildman–Crippen LogP) is 12.3. The Morgan fingerprint density at radius 3 is 0.792 bits per heavy atom. The van der Waals surface area contributed by atoms with Crippen LogP contribution in [0.1, 0.15) is 35.1 Å². The molecule has 0 nitrogen and oxygen atoms in total. The van der Waals surface area contributed by atoms with Gasteiger partial charge in [-0.15, -0.1) is 18.5 Å². The maximum Gasteiger partial charge on any atom is 0.0387 e. The lowest BCUT2D eigenvalue weighted by atomic mass is 9.55. The van der Waals surface area contributed by atoms with Crippen LogP contribution in [-0.4, -0.2) is 0 Å². The molecule has 4 unspecified atom stereocenters. The summed E-state index contributed by atoms with van der Waals surface area (Å²) in [5, 5.41) is 9.82. The zero-order chi connectivity index (χ0) is 32.3. The molecule has 4 atom stereocenters. The SMILES string of the molecule is PC(c1cccc2ccccc12)(c1cccc2ccccc12)C1CCC1C(P)(c1cccc2ccccc12)c1cccc2ccccc12. The normalized spacial score (nSPS) is 16.8. The van der Waals surface area contributed by atoms with Gasteiger partial charge in [0, 0.05) is 10.3 Å². The first-order valence-corrected chi connectivity index (χ1v) is 18.2. The minimum Gasteiger partial charge on any atom is -0.121 e. The van der Waals surface area contributed by atoms with Crippen LogP contribution in [0.15, 0.2) is 170 Å². The number of rotatable bonds is 6. The fraction of sp³-hybridized carbons (Fsp3) is 0.130. The van der Waals surface area contributed by atoms with Gasteiger partial charge in [-0.05, 0) is 90.0 Å². The fourth-order valence-corrected chi connectivity index (χ4v) is 10.8. The van der Waals surface area contributed by atoms with Crippen LogP contribution in [0.25, 0.3) is 43.1 Å². The van der Waals surface area contributed by atoms with Crippen molar-refractivity contribution >= 4 is 61.6 Å². The Kier molecular flexibility index (Phi) is 7.24. The van der Waals surface area contributed by atoms with Crippen LogP contribution in [0, 0.1) is 11.8 Å². The lowest BCUT2D eigenvalue weighted by Gasteiger charge is -2.56. The van der Waals surface area contributed by atoms with Gasteiger partial charge in [0.2, 0.25) is 0 Å². The predicted molar refractivity (Wildman–Crippen MR) is 213 cm³/mol. The zero-order valence-corrected chi connectivity index (χ0v) is 29.2. The molecule has 1 saturated carbocycles. The summed E-state index contributed by atoms with van der Waals surface area (Å²) in [6.07, 6.45) is 2.29. The van der Waals surface area contributed by atoms with Crippen LogP contribution in [0.4, 0.5) is 0 Å². The van der Waals surface area contributed by atoms with Crippen LogP contribution in [-0.2, 0) is 10.3 Å². The number of hydrogen-bond donors (Lipinski definition) is 0. The van der Waals surface area contributed by atoms with Crippen LogP contribution in [0.2, 0.25) is 0 Å². The Bertz CT molecular complexity index is 2120. The van der Waals surface area contributed by atoms with Crippen molar-refractivity contribution in [1.29, 1.82) is 0 Å². The summed E-state index contributed by atoms with van der Waals surface area (Å²) in [5.41, 5.74) is 5.55. The van der Waals surface area contributed by atoms with Crippen molar-refractivity contribution in [3.05, 3.63) is 192 Å². The lowest BCUT2D eigenvalue weighted by Crippen LogP contribution is -2.50. The summed E-state index contributed by atoms with van der Waals surface area (Å²) in [7, 11) is 7.01. The maximum absolute atomic E-state index is 3.51. The molecule has 0 aliphatic heterocycles. The molecule has 9 rings (SSSR count). The summed E-state index contributed by atoms with van der Waals surface area (Å²) in [6, 6.07) is 63.5. The van der Waals surface area contributed by atoms with E-state index < -0.39 is 0 Å². The number of benzene rings is 8. The third-order valence-corrected chi connectivity index (χ3v) is 13.5. The molecule has 0 aromatic heterocycles. The molecule has 0 heterocycles. The highest BCUT2D eigenvalue weighted by molar-refractivity contribution is 7.19. The second-order valence-electron chi connectivity index (χ2n) is 13.6. The van der Waals surface area contributed by atoms with Crippen LogP contribution in [0.3, 0.4) is 0 Å². The Morgan fingerprint density at radius 2 is 0.542 bits per heavy atom. The van der Waals surface area contributed by atoms with Gasteiger partial charge in [0.25, 0.3) is 0 Å². The van der Waals surface area contributed by atoms with Gasteiger partial charge in [-0.25, -0.2) is 0 Å². The molecule has 0 bridgehead atoms. The number of fused-ring (bicyclic) bond motifs is 4. The van der Waals surface area contributed by atoms with E-state index >= 15 is 0 Å². The quantitative estimate of drug-likeness (QED) is 0.157. The molecule has 0 radical (unpaired) electrons. The highest BCUT2D eigenvalue weighted by atomic mass is 31.0. The molecular weight excluding hydrogens is 614 g/mol. The average molecular weight is 653 g/mol. The highest BCUT2D eigenvalue weighted by Crippen LogP contribution is 2.66. The van der Waals surface area contributed by atoms with Crippen molar-refractivity contribution in [1.82, 2.24) is 0 Å². The summed E-state index contributed by atoms with van der Waals surface area (Å²) in [6.45, 7) is 0. The standard InChI is InChI=1S/C46H38P2/c47-45(39-25-9-17-31-13-1-5-21-35(31)39,40-26-10-18-32-14-2-6-22-36(32)40)43-29-30-44(43)46(48,41-27-11-19-33-15-3-7-23-37(33)41)42-28-12-20-34-16-4-8-24-38(34)42/h1-28,43-44H,29-30,47-48H2. The van der Waals surface area contributed by atoms with Gasteiger partial charge in [0.05, 0.1) is 0 Å². The molecule has 1 aliphatic rings.